The van der Waals surface area contributed by atoms with Crippen molar-refractivity contribution in [3.05, 3.63) is 53.6 Å². The van der Waals surface area contributed by atoms with E-state index in [-0.39, 0.29) is 18.2 Å². The van der Waals surface area contributed by atoms with Crippen molar-refractivity contribution in [1.29, 1.82) is 0 Å². The summed E-state index contributed by atoms with van der Waals surface area (Å²) in [4.78, 5) is 18.8. The van der Waals surface area contributed by atoms with Crippen molar-refractivity contribution >= 4 is 5.91 Å². The number of hydrogen-bond donors (Lipinski definition) is 0. The van der Waals surface area contributed by atoms with Crippen molar-refractivity contribution in [3.63, 3.8) is 0 Å². The first-order chi connectivity index (χ1) is 12.4. The summed E-state index contributed by atoms with van der Waals surface area (Å²) in [6.07, 6.45) is 1.12. The molecule has 0 radical (unpaired) electrons. The van der Waals surface area contributed by atoms with E-state index in [1.165, 1.54) is 6.07 Å². The normalized spacial score (nSPS) is 18.2. The molecule has 1 atom stereocenters. The van der Waals surface area contributed by atoms with Crippen LogP contribution in [0.3, 0.4) is 0 Å². The molecule has 1 fully saturated rings. The fraction of sp³-hybridized carbons (Fsp3) is 0.474. The van der Waals surface area contributed by atoms with Gasteiger partial charge in [0.1, 0.15) is 5.82 Å². The molecule has 0 spiro atoms. The number of aryl methyl sites for hydroxylation is 1. The van der Waals surface area contributed by atoms with Crippen LogP contribution < -0.4 is 0 Å². The van der Waals surface area contributed by atoms with E-state index in [2.05, 4.69) is 9.55 Å². The zero-order chi connectivity index (χ0) is 18.7. The van der Waals surface area contributed by atoms with E-state index < -0.39 is 11.7 Å². The lowest BCUT2D eigenvalue weighted by Crippen LogP contribution is -2.40. The second kappa shape index (κ2) is 7.51. The highest BCUT2D eigenvalue weighted by atomic mass is 19.4. The molecule has 0 bridgehead atoms. The molecule has 7 heteroatoms. The third-order valence-electron chi connectivity index (χ3n) is 4.84. The Balaban J connectivity index is 1.68. The number of benzene rings is 1. The van der Waals surface area contributed by atoms with E-state index in [9.17, 15) is 18.0 Å². The highest BCUT2D eigenvalue weighted by Gasteiger charge is 2.31. The summed E-state index contributed by atoms with van der Waals surface area (Å²) in [7, 11) is 0. The van der Waals surface area contributed by atoms with Crippen LogP contribution in [-0.4, -0.2) is 33.4 Å². The van der Waals surface area contributed by atoms with Crippen LogP contribution in [0.1, 0.15) is 42.6 Å². The van der Waals surface area contributed by atoms with Crippen molar-refractivity contribution in [1.82, 2.24) is 14.5 Å². The van der Waals surface area contributed by atoms with Crippen LogP contribution in [0.4, 0.5) is 13.2 Å². The Morgan fingerprint density at radius 1 is 1.35 bits per heavy atom. The fourth-order valence-electron chi connectivity index (χ4n) is 3.51. The van der Waals surface area contributed by atoms with Gasteiger partial charge in [0.2, 0.25) is 5.91 Å². The summed E-state index contributed by atoms with van der Waals surface area (Å²) in [5, 5.41) is 0. The summed E-state index contributed by atoms with van der Waals surface area (Å²) in [6, 6.07) is 5.00. The molecule has 1 saturated heterocycles. The van der Waals surface area contributed by atoms with Crippen LogP contribution in [0.15, 0.2) is 36.7 Å². The van der Waals surface area contributed by atoms with Crippen LogP contribution in [0.25, 0.3) is 0 Å². The van der Waals surface area contributed by atoms with Crippen LogP contribution >= 0.6 is 0 Å². The van der Waals surface area contributed by atoms with E-state index in [4.69, 9.17) is 0 Å². The molecule has 0 aliphatic carbocycles. The predicted molar refractivity (Wildman–Crippen MR) is 91.6 cm³/mol. The van der Waals surface area contributed by atoms with Crippen LogP contribution in [0.5, 0.6) is 0 Å². The molecule has 1 unspecified atom stereocenters. The molecule has 1 aromatic carbocycles. The van der Waals surface area contributed by atoms with Gasteiger partial charge in [0, 0.05) is 37.9 Å². The number of nitrogens with zero attached hydrogens (tertiary/aromatic N) is 3. The van der Waals surface area contributed by atoms with Crippen molar-refractivity contribution in [2.75, 3.05) is 13.1 Å². The van der Waals surface area contributed by atoms with Crippen LogP contribution in [-0.2, 0) is 23.9 Å². The Morgan fingerprint density at radius 3 is 2.88 bits per heavy atom. The SMILES string of the molecule is CCn1ccnc1C1CCCN(C(=O)Cc2cccc(C(F)(F)F)c2)C1. The first kappa shape index (κ1) is 18.5. The lowest BCUT2D eigenvalue weighted by molar-refractivity contribution is -0.138. The second-order valence-corrected chi connectivity index (χ2v) is 6.63. The van der Waals surface area contributed by atoms with Crippen LogP contribution in [0, 0.1) is 0 Å². The molecule has 0 saturated carbocycles. The maximum atomic E-state index is 12.8. The molecular weight excluding hydrogens is 343 g/mol. The van der Waals surface area contributed by atoms with Crippen LogP contribution in [0.2, 0.25) is 0 Å². The first-order valence-electron chi connectivity index (χ1n) is 8.83. The van der Waals surface area contributed by atoms with Gasteiger partial charge in [-0.25, -0.2) is 4.98 Å². The summed E-state index contributed by atoms with van der Waals surface area (Å²) in [6.45, 7) is 4.07. The quantitative estimate of drug-likeness (QED) is 0.825. The number of amides is 1. The van der Waals surface area contributed by atoms with Gasteiger partial charge in [0.05, 0.1) is 12.0 Å². The van der Waals surface area contributed by atoms with E-state index in [0.717, 1.165) is 37.3 Å². The zero-order valence-corrected chi connectivity index (χ0v) is 14.7. The Morgan fingerprint density at radius 2 is 2.15 bits per heavy atom. The summed E-state index contributed by atoms with van der Waals surface area (Å²) in [5.74, 6) is 1.01. The maximum Gasteiger partial charge on any atom is 0.416 e. The summed E-state index contributed by atoms with van der Waals surface area (Å²) >= 11 is 0. The Hall–Kier alpha value is -2.31. The maximum absolute atomic E-state index is 12.8. The molecule has 1 aliphatic heterocycles. The number of hydrogen-bond acceptors (Lipinski definition) is 2. The number of aromatic nitrogens is 2. The topological polar surface area (TPSA) is 38.1 Å². The molecule has 1 aromatic heterocycles. The number of carbonyl (C=O) groups excluding carboxylic acids is 1. The van der Waals surface area contributed by atoms with E-state index in [1.54, 1.807) is 17.2 Å². The minimum absolute atomic E-state index is 0.0150. The number of carbonyl (C=O) groups is 1. The van der Waals surface area contributed by atoms with E-state index in [1.807, 2.05) is 13.1 Å². The van der Waals surface area contributed by atoms with Gasteiger partial charge < -0.3 is 9.47 Å². The number of likely N-dealkylation sites (tertiary alicyclic amines) is 1. The molecule has 0 N–H and O–H groups in total. The monoisotopic (exact) mass is 365 g/mol. The van der Waals surface area contributed by atoms with Gasteiger partial charge in [0.25, 0.3) is 0 Å². The van der Waals surface area contributed by atoms with Crippen molar-refractivity contribution < 1.29 is 18.0 Å². The number of imidazole rings is 1. The third kappa shape index (κ3) is 4.08. The lowest BCUT2D eigenvalue weighted by atomic mass is 9.96. The molecule has 1 amide bonds. The second-order valence-electron chi connectivity index (χ2n) is 6.63. The number of alkyl halides is 3. The summed E-state index contributed by atoms with van der Waals surface area (Å²) < 4.78 is 40.6. The molecule has 2 heterocycles. The smallest absolute Gasteiger partial charge is 0.342 e. The van der Waals surface area contributed by atoms with Gasteiger partial charge >= 0.3 is 6.18 Å². The molecule has 140 valence electrons. The third-order valence-corrected chi connectivity index (χ3v) is 4.84. The molecule has 1 aliphatic rings. The molecule has 26 heavy (non-hydrogen) atoms. The van der Waals surface area contributed by atoms with Gasteiger partial charge in [-0.1, -0.05) is 18.2 Å². The van der Waals surface area contributed by atoms with Crippen molar-refractivity contribution in [2.45, 2.75) is 44.8 Å². The molecular formula is C19H22F3N3O. The summed E-state index contributed by atoms with van der Waals surface area (Å²) in [5.41, 5.74) is -0.327. The highest BCUT2D eigenvalue weighted by molar-refractivity contribution is 5.79. The van der Waals surface area contributed by atoms with Gasteiger partial charge in [-0.15, -0.1) is 0 Å². The molecule has 4 nitrogen and oxygen atoms in total. The van der Waals surface area contributed by atoms with Gasteiger partial charge in [-0.05, 0) is 31.4 Å². The minimum atomic E-state index is -4.40. The van der Waals surface area contributed by atoms with Gasteiger partial charge in [0.15, 0.2) is 0 Å². The number of halogens is 3. The first-order valence-corrected chi connectivity index (χ1v) is 8.83. The number of rotatable bonds is 4. The highest BCUT2D eigenvalue weighted by Crippen LogP contribution is 2.30. The largest absolute Gasteiger partial charge is 0.416 e. The Labute approximate surface area is 150 Å². The lowest BCUT2D eigenvalue weighted by Gasteiger charge is -2.32. The zero-order valence-electron chi connectivity index (χ0n) is 14.7. The fourth-order valence-corrected chi connectivity index (χ4v) is 3.51. The van der Waals surface area contributed by atoms with E-state index in [0.29, 0.717) is 18.7 Å². The minimum Gasteiger partial charge on any atom is -0.342 e. The average molecular weight is 365 g/mol. The Bertz CT molecular complexity index is 769. The average Bonchev–Trinajstić information content (AvgIpc) is 3.10. The van der Waals surface area contributed by atoms with Crippen molar-refractivity contribution in [2.24, 2.45) is 0 Å². The standard InChI is InChI=1S/C19H22F3N3O/c1-2-24-10-8-23-18(24)15-6-4-9-25(13-15)17(26)12-14-5-3-7-16(11-14)19(20,21)22/h3,5,7-8,10-11,15H,2,4,6,9,12-13H2,1H3. The predicted octanol–water partition coefficient (Wildman–Crippen LogP) is 3.87. The van der Waals surface area contributed by atoms with E-state index >= 15 is 0 Å². The molecule has 2 aromatic rings. The van der Waals surface area contributed by atoms with Gasteiger partial charge in [-0.3, -0.25) is 4.79 Å². The van der Waals surface area contributed by atoms with Gasteiger partial charge in [-0.2, -0.15) is 13.2 Å². The Kier molecular flexibility index (Phi) is 5.34. The number of piperidine rings is 1. The molecule has 3 rings (SSSR count). The van der Waals surface area contributed by atoms with Crippen molar-refractivity contribution in [3.8, 4) is 0 Å².